The molecule has 4 rings (SSSR count). The second kappa shape index (κ2) is 10.3. The zero-order chi connectivity index (χ0) is 23.4. The number of morpholine rings is 1. The number of hydrogen-bond donors (Lipinski definition) is 0. The second-order valence-corrected chi connectivity index (χ2v) is 9.07. The molecule has 33 heavy (non-hydrogen) atoms. The highest BCUT2D eigenvalue weighted by Crippen LogP contribution is 2.35. The van der Waals surface area contributed by atoms with Gasteiger partial charge in [0.1, 0.15) is 0 Å². The first-order chi connectivity index (χ1) is 15.9. The fourth-order valence-corrected chi connectivity index (χ4v) is 4.59. The fourth-order valence-electron chi connectivity index (χ4n) is 3.60. The van der Waals surface area contributed by atoms with Crippen LogP contribution in [-0.2, 0) is 9.53 Å². The molecule has 0 N–H and O–H groups in total. The average molecular weight is 468 g/mol. The molecule has 0 spiro atoms. The maximum Gasteiger partial charge on any atom is 0.266 e. The van der Waals surface area contributed by atoms with Gasteiger partial charge in [0.05, 0.1) is 37.0 Å². The van der Waals surface area contributed by atoms with Crippen LogP contribution in [0.3, 0.4) is 0 Å². The molecule has 0 radical (unpaired) electrons. The van der Waals surface area contributed by atoms with E-state index in [2.05, 4.69) is 17.0 Å². The first-order valence-corrected chi connectivity index (χ1v) is 11.8. The largest absolute Gasteiger partial charge is 0.493 e. The molecule has 7 nitrogen and oxygen atoms in total. The van der Waals surface area contributed by atoms with Gasteiger partial charge in [-0.1, -0.05) is 6.07 Å². The molecule has 2 aromatic carbocycles. The number of ether oxygens (including phenoxy) is 3. The number of methoxy groups -OCH3 is 1. The Morgan fingerprint density at radius 1 is 1.09 bits per heavy atom. The van der Waals surface area contributed by atoms with Gasteiger partial charge in [-0.25, -0.2) is 4.99 Å². The van der Waals surface area contributed by atoms with Crippen LogP contribution in [0, 0.1) is 0 Å². The van der Waals surface area contributed by atoms with Crippen LogP contribution in [0.25, 0.3) is 6.08 Å². The van der Waals surface area contributed by atoms with Gasteiger partial charge in [-0.2, -0.15) is 0 Å². The number of benzene rings is 2. The quantitative estimate of drug-likeness (QED) is 0.581. The Morgan fingerprint density at radius 3 is 2.48 bits per heavy atom. The van der Waals surface area contributed by atoms with Crippen LogP contribution in [0.5, 0.6) is 11.5 Å². The van der Waals surface area contributed by atoms with Crippen LogP contribution in [0.1, 0.15) is 19.4 Å². The molecule has 2 fully saturated rings. The number of rotatable bonds is 6. The van der Waals surface area contributed by atoms with Gasteiger partial charge in [0, 0.05) is 25.8 Å². The summed E-state index contributed by atoms with van der Waals surface area (Å²) in [5.74, 6) is 1.24. The first kappa shape index (κ1) is 23.2. The Bertz CT molecular complexity index is 1060. The Labute approximate surface area is 199 Å². The Morgan fingerprint density at radius 2 is 1.82 bits per heavy atom. The molecule has 2 aliphatic heterocycles. The monoisotopic (exact) mass is 467 g/mol. The molecule has 2 aromatic rings. The molecule has 1 amide bonds. The summed E-state index contributed by atoms with van der Waals surface area (Å²) in [5, 5.41) is 0.650. The Hall–Kier alpha value is -2.97. The molecular formula is C25H29N3O4S. The molecule has 0 aromatic heterocycles. The third kappa shape index (κ3) is 5.51. The average Bonchev–Trinajstić information content (AvgIpc) is 3.08. The van der Waals surface area contributed by atoms with Crippen molar-refractivity contribution in [3.63, 3.8) is 0 Å². The van der Waals surface area contributed by atoms with Gasteiger partial charge in [-0.15, -0.1) is 0 Å². The minimum absolute atomic E-state index is 0.0467. The minimum atomic E-state index is -0.0786. The number of hydrogen-bond acceptors (Lipinski definition) is 7. The van der Waals surface area contributed by atoms with Crippen LogP contribution in [0.4, 0.5) is 11.4 Å². The van der Waals surface area contributed by atoms with E-state index in [-0.39, 0.29) is 12.0 Å². The lowest BCUT2D eigenvalue weighted by Crippen LogP contribution is -2.36. The van der Waals surface area contributed by atoms with Crippen molar-refractivity contribution < 1.29 is 19.0 Å². The predicted molar refractivity (Wildman–Crippen MR) is 134 cm³/mol. The smallest absolute Gasteiger partial charge is 0.266 e. The van der Waals surface area contributed by atoms with Gasteiger partial charge >= 0.3 is 0 Å². The number of anilines is 1. The molecular weight excluding hydrogens is 438 g/mol. The Balaban J connectivity index is 1.51. The summed E-state index contributed by atoms with van der Waals surface area (Å²) in [5.41, 5.74) is 2.83. The third-order valence-electron chi connectivity index (χ3n) is 5.30. The van der Waals surface area contributed by atoms with Gasteiger partial charge in [-0.05, 0) is 73.6 Å². The maximum absolute atomic E-state index is 12.8. The van der Waals surface area contributed by atoms with Crippen LogP contribution in [0.15, 0.2) is 52.4 Å². The maximum atomic E-state index is 12.8. The highest BCUT2D eigenvalue weighted by molar-refractivity contribution is 8.18. The van der Waals surface area contributed by atoms with Gasteiger partial charge < -0.3 is 19.1 Å². The number of carbonyl (C=O) groups is 1. The highest BCUT2D eigenvalue weighted by Gasteiger charge is 2.30. The van der Waals surface area contributed by atoms with E-state index >= 15 is 0 Å². The van der Waals surface area contributed by atoms with Crippen LogP contribution >= 0.6 is 11.8 Å². The zero-order valence-corrected chi connectivity index (χ0v) is 20.2. The third-order valence-corrected chi connectivity index (χ3v) is 6.36. The lowest BCUT2D eigenvalue weighted by Gasteiger charge is -2.28. The van der Waals surface area contributed by atoms with Crippen molar-refractivity contribution in [2.24, 2.45) is 4.99 Å². The molecule has 2 heterocycles. The molecule has 174 valence electrons. The Kier molecular flexibility index (Phi) is 7.25. The molecule has 0 atom stereocenters. The number of aliphatic imine (C=N–C) groups is 1. The van der Waals surface area contributed by atoms with Crippen LogP contribution < -0.4 is 14.4 Å². The van der Waals surface area contributed by atoms with E-state index in [1.165, 1.54) is 11.8 Å². The predicted octanol–water partition coefficient (Wildman–Crippen LogP) is 4.55. The SMILES string of the molecule is COc1cc(/C=C2/SC(=Nc3ccc(N4CCOCC4)cc3)N(C)C2=O)ccc1OC(C)C. The van der Waals surface area contributed by atoms with Crippen molar-refractivity contribution in [2.75, 3.05) is 45.4 Å². The first-order valence-electron chi connectivity index (χ1n) is 11.0. The molecule has 2 aliphatic rings. The summed E-state index contributed by atoms with van der Waals surface area (Å²) in [7, 11) is 3.36. The van der Waals surface area contributed by atoms with E-state index in [1.807, 2.05) is 50.3 Å². The van der Waals surface area contributed by atoms with Crippen molar-refractivity contribution in [1.82, 2.24) is 4.90 Å². The standard InChI is InChI=1S/C25H29N3O4S/c1-17(2)32-21-10-5-18(15-22(21)30-4)16-23-24(29)27(3)25(33-23)26-19-6-8-20(9-7-19)28-11-13-31-14-12-28/h5-10,15-17H,11-14H2,1-4H3/b23-16+,26-25?. The summed E-state index contributed by atoms with van der Waals surface area (Å²) in [4.78, 5) is 22.0. The summed E-state index contributed by atoms with van der Waals surface area (Å²) < 4.78 is 16.7. The van der Waals surface area contributed by atoms with E-state index in [0.717, 1.165) is 43.2 Å². The van der Waals surface area contributed by atoms with Gasteiger partial charge in [-0.3, -0.25) is 9.69 Å². The molecule has 0 aliphatic carbocycles. The zero-order valence-electron chi connectivity index (χ0n) is 19.4. The van der Waals surface area contributed by atoms with Gasteiger partial charge in [0.2, 0.25) is 0 Å². The van der Waals surface area contributed by atoms with Crippen molar-refractivity contribution in [3.05, 3.63) is 52.9 Å². The number of amidine groups is 1. The summed E-state index contributed by atoms with van der Waals surface area (Å²) >= 11 is 1.37. The molecule has 8 heteroatoms. The van der Waals surface area contributed by atoms with Gasteiger partial charge in [0.15, 0.2) is 16.7 Å². The van der Waals surface area contributed by atoms with Gasteiger partial charge in [0.25, 0.3) is 5.91 Å². The molecule has 0 saturated carbocycles. The van der Waals surface area contributed by atoms with Crippen molar-refractivity contribution in [3.8, 4) is 11.5 Å². The number of thioether (sulfide) groups is 1. The van der Waals surface area contributed by atoms with E-state index in [0.29, 0.717) is 21.6 Å². The number of carbonyl (C=O) groups excluding carboxylic acids is 1. The van der Waals surface area contributed by atoms with Crippen molar-refractivity contribution in [1.29, 1.82) is 0 Å². The van der Waals surface area contributed by atoms with E-state index < -0.39 is 0 Å². The highest BCUT2D eigenvalue weighted by atomic mass is 32.2. The van der Waals surface area contributed by atoms with Crippen molar-refractivity contribution in [2.45, 2.75) is 20.0 Å². The molecule has 0 bridgehead atoms. The number of amides is 1. The van der Waals surface area contributed by atoms with Crippen LogP contribution in [0.2, 0.25) is 0 Å². The summed E-state index contributed by atoms with van der Waals surface area (Å²) in [6.07, 6.45) is 1.90. The topological polar surface area (TPSA) is 63.6 Å². The van der Waals surface area contributed by atoms with Crippen molar-refractivity contribution >= 4 is 40.3 Å². The van der Waals surface area contributed by atoms with E-state index in [9.17, 15) is 4.79 Å². The summed E-state index contributed by atoms with van der Waals surface area (Å²) in [6, 6.07) is 13.8. The fraction of sp³-hybridized carbons (Fsp3) is 0.360. The van der Waals surface area contributed by atoms with E-state index in [1.54, 1.807) is 19.1 Å². The van der Waals surface area contributed by atoms with E-state index in [4.69, 9.17) is 19.2 Å². The normalized spacial score (nSPS) is 19.1. The molecule has 0 unspecified atom stereocenters. The minimum Gasteiger partial charge on any atom is -0.493 e. The van der Waals surface area contributed by atoms with Crippen LogP contribution in [-0.4, -0.2) is 62.5 Å². The number of likely N-dealkylation sites (N-methyl/N-ethyl adjacent to an activating group) is 1. The lowest BCUT2D eigenvalue weighted by atomic mass is 10.2. The second-order valence-electron chi connectivity index (χ2n) is 8.06. The summed E-state index contributed by atoms with van der Waals surface area (Å²) in [6.45, 7) is 7.23. The molecule has 2 saturated heterocycles. The lowest BCUT2D eigenvalue weighted by molar-refractivity contribution is -0.121. The number of nitrogens with zero attached hydrogens (tertiary/aromatic N) is 3.